The van der Waals surface area contributed by atoms with E-state index in [0.29, 0.717) is 33.7 Å². The summed E-state index contributed by atoms with van der Waals surface area (Å²) < 4.78 is 29.3. The van der Waals surface area contributed by atoms with E-state index in [4.69, 9.17) is 0 Å². The van der Waals surface area contributed by atoms with Crippen LogP contribution in [0.3, 0.4) is 0 Å². The third-order valence-electron chi connectivity index (χ3n) is 5.84. The van der Waals surface area contributed by atoms with Crippen molar-refractivity contribution in [2.75, 3.05) is 38.1 Å². The second-order valence-corrected chi connectivity index (χ2v) is 7.94. The highest BCUT2D eigenvalue weighted by Crippen LogP contribution is 2.34. The van der Waals surface area contributed by atoms with Crippen molar-refractivity contribution in [1.82, 2.24) is 25.1 Å². The first kappa shape index (κ1) is 19.6. The fraction of sp³-hybridized carbons (Fsp3) is 0.261. The van der Waals surface area contributed by atoms with Gasteiger partial charge in [0.05, 0.1) is 5.52 Å². The fourth-order valence-corrected chi connectivity index (χ4v) is 4.04. The zero-order valence-electron chi connectivity index (χ0n) is 17.4. The summed E-state index contributed by atoms with van der Waals surface area (Å²) in [6.45, 7) is 5.47. The van der Waals surface area contributed by atoms with Crippen molar-refractivity contribution in [3.05, 3.63) is 59.9 Å². The smallest absolute Gasteiger partial charge is 0.225 e. The summed E-state index contributed by atoms with van der Waals surface area (Å²) in [5, 5.41) is 7.91. The second-order valence-electron chi connectivity index (χ2n) is 7.94. The fourth-order valence-electron chi connectivity index (χ4n) is 4.04. The van der Waals surface area contributed by atoms with Crippen LogP contribution in [0.25, 0.3) is 33.3 Å². The normalized spacial score (nSPS) is 15.0. The lowest BCUT2D eigenvalue weighted by atomic mass is 9.97. The molecule has 2 aromatic heterocycles. The Kier molecular flexibility index (Phi) is 4.86. The van der Waals surface area contributed by atoms with Crippen molar-refractivity contribution in [1.29, 1.82) is 0 Å². The summed E-state index contributed by atoms with van der Waals surface area (Å²) in [4.78, 5) is 13.5. The summed E-state index contributed by atoms with van der Waals surface area (Å²) in [6.07, 6.45) is 3.46. The molecule has 0 radical (unpaired) electrons. The third kappa shape index (κ3) is 3.53. The number of aromatic nitrogens is 4. The van der Waals surface area contributed by atoms with E-state index in [-0.39, 0.29) is 11.1 Å². The Hall–Kier alpha value is -3.39. The van der Waals surface area contributed by atoms with Crippen LogP contribution in [0.4, 0.5) is 14.7 Å². The van der Waals surface area contributed by atoms with Crippen LogP contribution < -0.4 is 4.90 Å². The minimum Gasteiger partial charge on any atom is -0.338 e. The van der Waals surface area contributed by atoms with E-state index in [0.717, 1.165) is 26.2 Å². The summed E-state index contributed by atoms with van der Waals surface area (Å²) in [5.74, 6) is -0.272. The number of hydrogen-bond donors (Lipinski definition) is 1. The molecule has 1 aliphatic rings. The number of hydrogen-bond acceptors (Lipinski definition) is 5. The zero-order chi connectivity index (χ0) is 21.5. The van der Waals surface area contributed by atoms with Crippen molar-refractivity contribution in [3.8, 4) is 22.4 Å². The molecule has 0 saturated carbocycles. The van der Waals surface area contributed by atoms with Gasteiger partial charge in [-0.25, -0.2) is 18.7 Å². The topological polar surface area (TPSA) is 60.9 Å². The van der Waals surface area contributed by atoms with Crippen LogP contribution >= 0.6 is 0 Å². The predicted molar refractivity (Wildman–Crippen MR) is 117 cm³/mol. The molecule has 1 aliphatic heterocycles. The predicted octanol–water partition coefficient (Wildman–Crippen LogP) is 4.03. The summed E-state index contributed by atoms with van der Waals surface area (Å²) in [7, 11) is 2.10. The van der Waals surface area contributed by atoms with Crippen LogP contribution in [0.5, 0.6) is 0 Å². The zero-order valence-corrected chi connectivity index (χ0v) is 17.4. The molecule has 2 aromatic carbocycles. The summed E-state index contributed by atoms with van der Waals surface area (Å²) >= 11 is 0. The molecular formula is C23H22F2N6. The van der Waals surface area contributed by atoms with Crippen LogP contribution in [0.2, 0.25) is 0 Å². The van der Waals surface area contributed by atoms with Gasteiger partial charge in [-0.3, -0.25) is 5.10 Å². The molecule has 0 amide bonds. The number of nitrogens with zero attached hydrogens (tertiary/aromatic N) is 5. The number of nitrogens with one attached hydrogen (secondary N) is 1. The SMILES string of the molecule is Cc1cccc(F)c1-c1cc2c(-c3cnc(N4CCN(C)CC4)nc3)n[nH]c2cc1F. The average molecular weight is 420 g/mol. The number of aryl methyl sites for hydroxylation is 1. The first-order valence-corrected chi connectivity index (χ1v) is 10.2. The van der Waals surface area contributed by atoms with E-state index in [1.165, 1.54) is 12.1 Å². The van der Waals surface area contributed by atoms with Gasteiger partial charge in [-0.15, -0.1) is 0 Å². The van der Waals surface area contributed by atoms with Crippen LogP contribution in [-0.4, -0.2) is 58.3 Å². The third-order valence-corrected chi connectivity index (χ3v) is 5.84. The minimum absolute atomic E-state index is 0.209. The molecule has 1 fully saturated rings. The highest BCUT2D eigenvalue weighted by atomic mass is 19.1. The van der Waals surface area contributed by atoms with Crippen LogP contribution in [0, 0.1) is 18.6 Å². The minimum atomic E-state index is -0.502. The Labute approximate surface area is 178 Å². The number of aromatic amines is 1. The Morgan fingerprint density at radius 1 is 0.968 bits per heavy atom. The Morgan fingerprint density at radius 2 is 1.71 bits per heavy atom. The number of anilines is 1. The molecule has 3 heterocycles. The molecule has 31 heavy (non-hydrogen) atoms. The Morgan fingerprint density at radius 3 is 2.42 bits per heavy atom. The van der Waals surface area contributed by atoms with Gasteiger partial charge in [-0.1, -0.05) is 12.1 Å². The quantitative estimate of drug-likeness (QED) is 0.542. The van der Waals surface area contributed by atoms with Crippen molar-refractivity contribution in [2.45, 2.75) is 6.92 Å². The van der Waals surface area contributed by atoms with Gasteiger partial charge >= 0.3 is 0 Å². The van der Waals surface area contributed by atoms with Gasteiger partial charge in [0.2, 0.25) is 5.95 Å². The number of halogens is 2. The number of rotatable bonds is 3. The maximum Gasteiger partial charge on any atom is 0.225 e. The number of piperazine rings is 1. The molecule has 8 heteroatoms. The monoisotopic (exact) mass is 420 g/mol. The van der Waals surface area contributed by atoms with E-state index in [1.54, 1.807) is 37.5 Å². The average Bonchev–Trinajstić information content (AvgIpc) is 3.17. The van der Waals surface area contributed by atoms with Crippen LogP contribution in [0.1, 0.15) is 5.56 Å². The van der Waals surface area contributed by atoms with E-state index in [1.807, 2.05) is 0 Å². The van der Waals surface area contributed by atoms with Gasteiger partial charge in [-0.05, 0) is 31.7 Å². The van der Waals surface area contributed by atoms with E-state index in [9.17, 15) is 8.78 Å². The van der Waals surface area contributed by atoms with Gasteiger partial charge in [-0.2, -0.15) is 5.10 Å². The van der Waals surface area contributed by atoms with Gasteiger partial charge in [0, 0.05) is 66.7 Å². The van der Waals surface area contributed by atoms with Crippen molar-refractivity contribution >= 4 is 16.9 Å². The van der Waals surface area contributed by atoms with Crippen molar-refractivity contribution < 1.29 is 8.78 Å². The molecule has 6 nitrogen and oxygen atoms in total. The van der Waals surface area contributed by atoms with Crippen LogP contribution in [-0.2, 0) is 0 Å². The second kappa shape index (κ2) is 7.70. The van der Waals surface area contributed by atoms with Gasteiger partial charge in [0.15, 0.2) is 0 Å². The maximum atomic E-state index is 14.8. The lowest BCUT2D eigenvalue weighted by molar-refractivity contribution is 0.311. The number of fused-ring (bicyclic) bond motifs is 1. The van der Waals surface area contributed by atoms with E-state index >= 15 is 0 Å². The standard InChI is InChI=1S/C23H22F2N6/c1-14-4-3-5-18(24)21(14)16-10-17-20(11-19(16)25)28-29-22(17)15-12-26-23(27-13-15)31-8-6-30(2)7-9-31/h3-5,10-13H,6-9H2,1-2H3,(H,28,29). The molecule has 0 atom stereocenters. The van der Waals surface area contributed by atoms with Crippen LogP contribution in [0.15, 0.2) is 42.7 Å². The van der Waals surface area contributed by atoms with E-state index in [2.05, 4.69) is 37.0 Å². The van der Waals surface area contributed by atoms with Gasteiger partial charge in [0.25, 0.3) is 0 Å². The number of benzene rings is 2. The number of likely N-dealkylation sites (N-methyl/N-ethyl adjacent to an activating group) is 1. The van der Waals surface area contributed by atoms with E-state index < -0.39 is 11.6 Å². The Balaban J connectivity index is 1.54. The molecule has 4 aromatic rings. The summed E-state index contributed by atoms with van der Waals surface area (Å²) in [5.41, 5.74) is 3.00. The molecule has 1 saturated heterocycles. The highest BCUT2D eigenvalue weighted by molar-refractivity contribution is 5.96. The van der Waals surface area contributed by atoms with Gasteiger partial charge in [0.1, 0.15) is 17.3 Å². The van der Waals surface area contributed by atoms with Crippen molar-refractivity contribution in [2.24, 2.45) is 0 Å². The molecule has 1 N–H and O–H groups in total. The molecule has 0 unspecified atom stereocenters. The lowest BCUT2D eigenvalue weighted by Crippen LogP contribution is -2.45. The molecule has 0 aliphatic carbocycles. The summed E-state index contributed by atoms with van der Waals surface area (Å²) in [6, 6.07) is 7.72. The van der Waals surface area contributed by atoms with Gasteiger partial charge < -0.3 is 9.80 Å². The number of H-pyrrole nitrogens is 1. The molecule has 0 bridgehead atoms. The first-order valence-electron chi connectivity index (χ1n) is 10.2. The largest absolute Gasteiger partial charge is 0.338 e. The lowest BCUT2D eigenvalue weighted by Gasteiger charge is -2.32. The first-order chi connectivity index (χ1) is 15.0. The molecule has 0 spiro atoms. The maximum absolute atomic E-state index is 14.8. The molecule has 5 rings (SSSR count). The molecular weight excluding hydrogens is 398 g/mol. The van der Waals surface area contributed by atoms with Crippen molar-refractivity contribution in [3.63, 3.8) is 0 Å². The Bertz CT molecular complexity index is 1220. The molecule has 158 valence electrons. The highest BCUT2D eigenvalue weighted by Gasteiger charge is 2.19.